The van der Waals surface area contributed by atoms with Gasteiger partial charge in [-0.3, -0.25) is 4.79 Å². The molecule has 1 N–H and O–H groups in total. The summed E-state index contributed by atoms with van der Waals surface area (Å²) in [5, 5.41) is 3.49. The first-order valence-electron chi connectivity index (χ1n) is 6.76. The monoisotopic (exact) mass is 300 g/mol. The fraction of sp³-hybridized carbons (Fsp3) is 0.571. The van der Waals surface area contributed by atoms with Crippen molar-refractivity contribution in [1.29, 1.82) is 0 Å². The molecule has 1 aromatic rings. The number of aromatic nitrogens is 1. The number of pyridine rings is 1. The van der Waals surface area contributed by atoms with Gasteiger partial charge in [0, 0.05) is 12.7 Å². The van der Waals surface area contributed by atoms with Gasteiger partial charge in [0.15, 0.2) is 0 Å². The highest BCUT2D eigenvalue weighted by molar-refractivity contribution is 6.35. The van der Waals surface area contributed by atoms with E-state index in [-0.39, 0.29) is 11.1 Å². The Balaban J connectivity index is 1.75. The fourth-order valence-corrected chi connectivity index (χ4v) is 2.92. The Hall–Kier alpha value is -0.800. The van der Waals surface area contributed by atoms with Gasteiger partial charge in [-0.1, -0.05) is 48.9 Å². The highest BCUT2D eigenvalue weighted by Gasteiger charge is 2.15. The predicted molar refractivity (Wildman–Crippen MR) is 77.8 cm³/mol. The molecule has 0 unspecified atom stereocenters. The summed E-state index contributed by atoms with van der Waals surface area (Å²) < 4.78 is 0. The highest BCUT2D eigenvalue weighted by Crippen LogP contribution is 2.28. The summed E-state index contributed by atoms with van der Waals surface area (Å²) in [5.41, 5.74) is 0.391. The van der Waals surface area contributed by atoms with Gasteiger partial charge < -0.3 is 5.32 Å². The maximum atomic E-state index is 11.9. The van der Waals surface area contributed by atoms with Crippen LogP contribution in [-0.4, -0.2) is 17.4 Å². The van der Waals surface area contributed by atoms with Gasteiger partial charge in [0.25, 0.3) is 5.91 Å². The molecule has 0 bridgehead atoms. The molecule has 104 valence electrons. The van der Waals surface area contributed by atoms with Crippen molar-refractivity contribution in [2.75, 3.05) is 6.54 Å². The third-order valence-electron chi connectivity index (χ3n) is 3.62. The summed E-state index contributed by atoms with van der Waals surface area (Å²) in [6.45, 7) is 0.686. The van der Waals surface area contributed by atoms with Crippen molar-refractivity contribution in [2.45, 2.75) is 38.5 Å². The van der Waals surface area contributed by atoms with Gasteiger partial charge in [-0.15, -0.1) is 0 Å². The Morgan fingerprint density at radius 2 is 2.11 bits per heavy atom. The molecule has 5 heteroatoms. The van der Waals surface area contributed by atoms with Gasteiger partial charge in [-0.25, -0.2) is 4.98 Å². The predicted octanol–water partition coefficient (Wildman–Crippen LogP) is 4.09. The molecule has 3 nitrogen and oxygen atoms in total. The van der Waals surface area contributed by atoms with Gasteiger partial charge in [0.2, 0.25) is 0 Å². The van der Waals surface area contributed by atoms with Crippen LogP contribution in [0.2, 0.25) is 10.2 Å². The summed E-state index contributed by atoms with van der Waals surface area (Å²) in [6.07, 6.45) is 9.04. The van der Waals surface area contributed by atoms with E-state index in [1.165, 1.54) is 44.4 Å². The van der Waals surface area contributed by atoms with E-state index in [4.69, 9.17) is 23.2 Å². The maximum Gasteiger partial charge on any atom is 0.252 e. The minimum Gasteiger partial charge on any atom is -0.352 e. The van der Waals surface area contributed by atoms with Gasteiger partial charge in [0.05, 0.1) is 10.6 Å². The van der Waals surface area contributed by atoms with E-state index in [0.29, 0.717) is 17.1 Å². The second kappa shape index (κ2) is 7.11. The number of halogens is 2. The van der Waals surface area contributed by atoms with Crippen molar-refractivity contribution in [1.82, 2.24) is 10.3 Å². The molecule has 0 spiro atoms. The largest absolute Gasteiger partial charge is 0.352 e. The molecule has 1 fully saturated rings. The average Bonchev–Trinajstić information content (AvgIpc) is 2.90. The van der Waals surface area contributed by atoms with Crippen molar-refractivity contribution in [3.63, 3.8) is 0 Å². The number of hydrogen-bond donors (Lipinski definition) is 1. The van der Waals surface area contributed by atoms with Crippen molar-refractivity contribution in [3.05, 3.63) is 28.0 Å². The molecule has 1 aliphatic rings. The fourth-order valence-electron chi connectivity index (χ4n) is 2.57. The van der Waals surface area contributed by atoms with Crippen LogP contribution in [0.4, 0.5) is 0 Å². The van der Waals surface area contributed by atoms with Crippen LogP contribution in [0.1, 0.15) is 48.9 Å². The molecular weight excluding hydrogens is 283 g/mol. The van der Waals surface area contributed by atoms with E-state index in [1.807, 2.05) is 0 Å². The molecule has 1 aromatic heterocycles. The Morgan fingerprint density at radius 3 is 2.84 bits per heavy atom. The third-order valence-corrected chi connectivity index (χ3v) is 4.12. The molecule has 1 heterocycles. The highest BCUT2D eigenvalue weighted by atomic mass is 35.5. The van der Waals surface area contributed by atoms with Crippen LogP contribution < -0.4 is 5.32 Å². The van der Waals surface area contributed by atoms with E-state index in [1.54, 1.807) is 0 Å². The summed E-state index contributed by atoms with van der Waals surface area (Å²) in [5.74, 6) is 0.677. The first-order valence-corrected chi connectivity index (χ1v) is 7.51. The number of carbonyl (C=O) groups excluding carboxylic acids is 1. The van der Waals surface area contributed by atoms with Crippen LogP contribution in [0.25, 0.3) is 0 Å². The molecule has 0 atom stereocenters. The summed E-state index contributed by atoms with van der Waals surface area (Å²) in [7, 11) is 0. The van der Waals surface area contributed by atoms with E-state index in [9.17, 15) is 4.79 Å². The number of rotatable bonds is 5. The number of hydrogen-bond acceptors (Lipinski definition) is 2. The lowest BCUT2D eigenvalue weighted by atomic mass is 10.0. The lowest BCUT2D eigenvalue weighted by Gasteiger charge is -2.10. The molecule has 2 rings (SSSR count). The molecule has 0 aliphatic heterocycles. The summed E-state index contributed by atoms with van der Waals surface area (Å²) in [4.78, 5) is 15.8. The van der Waals surface area contributed by atoms with Crippen LogP contribution in [-0.2, 0) is 0 Å². The first kappa shape index (κ1) is 14.6. The molecule has 1 saturated carbocycles. The number of amides is 1. The molecule has 0 radical (unpaired) electrons. The van der Waals surface area contributed by atoms with E-state index < -0.39 is 0 Å². The Labute approximate surface area is 123 Å². The van der Waals surface area contributed by atoms with Gasteiger partial charge in [0.1, 0.15) is 5.15 Å². The smallest absolute Gasteiger partial charge is 0.252 e. The van der Waals surface area contributed by atoms with Crippen LogP contribution >= 0.6 is 23.2 Å². The number of carbonyl (C=O) groups is 1. The van der Waals surface area contributed by atoms with Gasteiger partial charge in [-0.05, 0) is 24.8 Å². The summed E-state index contributed by atoms with van der Waals surface area (Å²) in [6, 6.07) is 1.50. The quantitative estimate of drug-likeness (QED) is 0.657. The zero-order chi connectivity index (χ0) is 13.7. The minimum absolute atomic E-state index is 0.180. The van der Waals surface area contributed by atoms with Crippen LogP contribution in [0.15, 0.2) is 12.3 Å². The molecule has 0 aromatic carbocycles. The normalized spacial score (nSPS) is 15.7. The summed E-state index contributed by atoms with van der Waals surface area (Å²) >= 11 is 11.7. The lowest BCUT2D eigenvalue weighted by molar-refractivity contribution is 0.0952. The Morgan fingerprint density at radius 1 is 1.37 bits per heavy atom. The Bertz CT molecular complexity index is 445. The van der Waals surface area contributed by atoms with Crippen LogP contribution in [0.3, 0.4) is 0 Å². The topological polar surface area (TPSA) is 42.0 Å². The first-order chi connectivity index (χ1) is 9.16. The molecule has 19 heavy (non-hydrogen) atoms. The van der Waals surface area contributed by atoms with Crippen LogP contribution in [0.5, 0.6) is 0 Å². The molecule has 0 saturated heterocycles. The average molecular weight is 301 g/mol. The van der Waals surface area contributed by atoms with E-state index >= 15 is 0 Å². The van der Waals surface area contributed by atoms with E-state index in [2.05, 4.69) is 10.3 Å². The third kappa shape index (κ3) is 4.36. The van der Waals surface area contributed by atoms with Crippen molar-refractivity contribution < 1.29 is 4.79 Å². The zero-order valence-corrected chi connectivity index (χ0v) is 12.3. The van der Waals surface area contributed by atoms with E-state index in [0.717, 1.165) is 12.3 Å². The standard InChI is InChI=1S/C14H18Cl2N2O/c15-12-9-18-13(16)8-11(12)14(19)17-7-3-6-10-4-1-2-5-10/h8-10H,1-7H2,(H,17,19). The van der Waals surface area contributed by atoms with Crippen molar-refractivity contribution in [2.24, 2.45) is 5.92 Å². The second-order valence-corrected chi connectivity index (χ2v) is 5.83. The lowest BCUT2D eigenvalue weighted by Crippen LogP contribution is -2.25. The van der Waals surface area contributed by atoms with Gasteiger partial charge >= 0.3 is 0 Å². The molecular formula is C14H18Cl2N2O. The number of nitrogens with zero attached hydrogens (tertiary/aromatic N) is 1. The van der Waals surface area contributed by atoms with Crippen molar-refractivity contribution >= 4 is 29.1 Å². The van der Waals surface area contributed by atoms with Gasteiger partial charge in [-0.2, -0.15) is 0 Å². The minimum atomic E-state index is -0.180. The van der Waals surface area contributed by atoms with Crippen LogP contribution in [0, 0.1) is 5.92 Å². The SMILES string of the molecule is O=C(NCCCC1CCCC1)c1cc(Cl)ncc1Cl. The molecule has 1 amide bonds. The number of nitrogens with one attached hydrogen (secondary N) is 1. The molecule has 1 aliphatic carbocycles. The Kier molecular flexibility index (Phi) is 5.46. The van der Waals surface area contributed by atoms with Crippen molar-refractivity contribution in [3.8, 4) is 0 Å². The second-order valence-electron chi connectivity index (χ2n) is 5.04. The maximum absolute atomic E-state index is 11.9. The zero-order valence-electron chi connectivity index (χ0n) is 10.8.